The first-order valence-corrected chi connectivity index (χ1v) is 12.2. The number of hydrogen-bond donors (Lipinski definition) is 2. The predicted octanol–water partition coefficient (Wildman–Crippen LogP) is 4.02. The molecule has 0 bridgehead atoms. The molecule has 1 aromatic carbocycles. The number of nitrogens with one attached hydrogen (secondary N) is 1. The Morgan fingerprint density at radius 2 is 2.18 bits per heavy atom. The fourth-order valence-electron chi connectivity index (χ4n) is 4.08. The number of hydrogen-bond acceptors (Lipinski definition) is 7. The van der Waals surface area contributed by atoms with Crippen molar-refractivity contribution < 1.29 is 14.6 Å². The van der Waals surface area contributed by atoms with E-state index < -0.39 is 0 Å². The maximum Gasteiger partial charge on any atom is 0.275 e. The number of halogens is 1. The van der Waals surface area contributed by atoms with Crippen LogP contribution in [0.4, 0.5) is 0 Å². The predicted molar refractivity (Wildman–Crippen MR) is 135 cm³/mol. The average Bonchev–Trinajstić information content (AvgIpc) is 3.40. The van der Waals surface area contributed by atoms with E-state index in [1.54, 1.807) is 25.6 Å². The van der Waals surface area contributed by atoms with Crippen LogP contribution in [0, 0.1) is 0 Å². The second-order valence-corrected chi connectivity index (χ2v) is 9.72. The summed E-state index contributed by atoms with van der Waals surface area (Å²) in [6.45, 7) is 0.995. The van der Waals surface area contributed by atoms with E-state index in [2.05, 4.69) is 10.3 Å². The molecule has 176 valence electrons. The van der Waals surface area contributed by atoms with Crippen LogP contribution in [-0.2, 0) is 0 Å². The van der Waals surface area contributed by atoms with Gasteiger partial charge in [-0.25, -0.2) is 4.98 Å². The molecule has 1 fully saturated rings. The molecule has 2 aliphatic rings. The van der Waals surface area contributed by atoms with Crippen LogP contribution in [0.3, 0.4) is 0 Å². The Labute approximate surface area is 205 Å². The molecule has 0 saturated carbocycles. The van der Waals surface area contributed by atoms with Crippen molar-refractivity contribution in [1.82, 2.24) is 14.9 Å². The average molecular weight is 498 g/mol. The molecule has 3 aromatic rings. The van der Waals surface area contributed by atoms with Gasteiger partial charge in [-0.15, -0.1) is 11.3 Å². The van der Waals surface area contributed by atoms with Crippen molar-refractivity contribution in [3.63, 3.8) is 0 Å². The Morgan fingerprint density at radius 3 is 2.97 bits per heavy atom. The molecule has 9 heteroatoms. The van der Waals surface area contributed by atoms with E-state index in [1.807, 2.05) is 36.4 Å². The summed E-state index contributed by atoms with van der Waals surface area (Å²) in [6, 6.07) is 7.40. The molecule has 1 unspecified atom stereocenters. The van der Waals surface area contributed by atoms with E-state index in [0.717, 1.165) is 16.9 Å². The molecule has 2 aromatic heterocycles. The zero-order chi connectivity index (χ0) is 23.7. The SMILES string of the molecule is COc1cc(-n2cnc3cc(C4=CC=C(Cl)C=CC4)sc3c2=O)ccc1OC[C@@H]1CC(O)CN1. The van der Waals surface area contributed by atoms with Crippen molar-refractivity contribution >= 4 is 38.7 Å². The lowest BCUT2D eigenvalue weighted by Crippen LogP contribution is -2.28. The number of β-amino-alcohol motifs (C(OH)–C–C–N with tert-alkyl or cyclic N) is 1. The van der Waals surface area contributed by atoms with Gasteiger partial charge in [-0.2, -0.15) is 0 Å². The first-order chi connectivity index (χ1) is 16.5. The fourth-order valence-corrected chi connectivity index (χ4v) is 5.31. The van der Waals surface area contributed by atoms with Gasteiger partial charge in [0.2, 0.25) is 0 Å². The van der Waals surface area contributed by atoms with Crippen LogP contribution < -0.4 is 20.3 Å². The van der Waals surface area contributed by atoms with Crippen molar-refractivity contribution in [2.45, 2.75) is 25.0 Å². The summed E-state index contributed by atoms with van der Waals surface area (Å²) in [5, 5.41) is 13.6. The Hall–Kier alpha value is -2.91. The molecule has 0 amide bonds. The standard InChI is InChI=1S/C25H24ClN3O4S/c1-32-22-10-18(7-8-21(22)33-13-17-9-19(30)12-27-17)29-14-28-20-11-23(34-24(20)25(29)31)15-3-2-4-16(26)6-5-15/h2,4-8,10-11,14,17,19,27,30H,3,9,12-13H2,1H3/t17-,19?/m0/s1. The van der Waals surface area contributed by atoms with Gasteiger partial charge in [0.25, 0.3) is 5.56 Å². The Morgan fingerprint density at radius 1 is 1.29 bits per heavy atom. The fraction of sp³-hybridized carbons (Fsp3) is 0.280. The van der Waals surface area contributed by atoms with E-state index >= 15 is 0 Å². The van der Waals surface area contributed by atoms with E-state index in [-0.39, 0.29) is 17.7 Å². The lowest BCUT2D eigenvalue weighted by Gasteiger charge is -2.15. The zero-order valence-corrected chi connectivity index (χ0v) is 20.1. The summed E-state index contributed by atoms with van der Waals surface area (Å²) in [5.74, 6) is 1.10. The highest BCUT2D eigenvalue weighted by Crippen LogP contribution is 2.33. The van der Waals surface area contributed by atoms with Gasteiger partial charge in [0.1, 0.15) is 17.6 Å². The molecule has 1 saturated heterocycles. The maximum absolute atomic E-state index is 13.3. The summed E-state index contributed by atoms with van der Waals surface area (Å²) in [7, 11) is 1.56. The number of thiophene rings is 1. The summed E-state index contributed by atoms with van der Waals surface area (Å²) in [5.41, 5.74) is 2.26. The van der Waals surface area contributed by atoms with Gasteiger partial charge < -0.3 is 19.9 Å². The molecule has 7 nitrogen and oxygen atoms in total. The number of benzene rings is 1. The van der Waals surface area contributed by atoms with Crippen LogP contribution in [0.2, 0.25) is 0 Å². The monoisotopic (exact) mass is 497 g/mol. The molecular weight excluding hydrogens is 474 g/mol. The van der Waals surface area contributed by atoms with Crippen molar-refractivity contribution in [3.05, 3.63) is 75.2 Å². The highest BCUT2D eigenvalue weighted by atomic mass is 35.5. The quantitative estimate of drug-likeness (QED) is 0.535. The Kier molecular flexibility index (Phi) is 6.56. The maximum atomic E-state index is 13.3. The molecule has 0 radical (unpaired) electrons. The van der Waals surface area contributed by atoms with Crippen LogP contribution in [0.1, 0.15) is 17.7 Å². The third-order valence-corrected chi connectivity index (χ3v) is 7.32. The first-order valence-electron chi connectivity index (χ1n) is 11.0. The molecule has 1 aliphatic carbocycles. The zero-order valence-electron chi connectivity index (χ0n) is 18.5. The summed E-state index contributed by atoms with van der Waals surface area (Å²) >= 11 is 7.53. The van der Waals surface area contributed by atoms with Crippen molar-refractivity contribution in [2.75, 3.05) is 20.3 Å². The molecule has 2 N–H and O–H groups in total. The number of aliphatic hydroxyl groups excluding tert-OH is 1. The van der Waals surface area contributed by atoms with Crippen LogP contribution in [0.15, 0.2) is 64.7 Å². The lowest BCUT2D eigenvalue weighted by atomic mass is 10.1. The Bertz CT molecular complexity index is 1370. The van der Waals surface area contributed by atoms with Gasteiger partial charge in [0, 0.05) is 28.6 Å². The highest BCUT2D eigenvalue weighted by Gasteiger charge is 2.23. The van der Waals surface area contributed by atoms with Gasteiger partial charge in [-0.05, 0) is 48.8 Å². The molecule has 5 rings (SSSR count). The first kappa shape index (κ1) is 22.9. The number of ether oxygens (including phenoxy) is 2. The number of nitrogens with zero attached hydrogens (tertiary/aromatic N) is 2. The number of rotatable bonds is 6. The van der Waals surface area contributed by atoms with E-state index in [4.69, 9.17) is 21.1 Å². The van der Waals surface area contributed by atoms with Crippen molar-refractivity contribution in [2.24, 2.45) is 0 Å². The van der Waals surface area contributed by atoms with Crippen molar-refractivity contribution in [1.29, 1.82) is 0 Å². The van der Waals surface area contributed by atoms with Gasteiger partial charge in [0.05, 0.1) is 24.4 Å². The molecule has 2 atom stereocenters. The van der Waals surface area contributed by atoms with E-state index in [1.165, 1.54) is 15.9 Å². The minimum absolute atomic E-state index is 0.0900. The largest absolute Gasteiger partial charge is 0.493 e. The van der Waals surface area contributed by atoms with Gasteiger partial charge in [0.15, 0.2) is 11.5 Å². The number of aliphatic hydroxyl groups is 1. The van der Waals surface area contributed by atoms with Gasteiger partial charge in [-0.3, -0.25) is 9.36 Å². The molecule has 1 aliphatic heterocycles. The van der Waals surface area contributed by atoms with Crippen LogP contribution in [-0.4, -0.2) is 47.1 Å². The third kappa shape index (κ3) is 4.67. The van der Waals surface area contributed by atoms with Crippen molar-refractivity contribution in [3.8, 4) is 17.2 Å². The van der Waals surface area contributed by atoms with E-state index in [0.29, 0.717) is 52.0 Å². The summed E-state index contributed by atoms with van der Waals surface area (Å²) < 4.78 is 13.5. The lowest BCUT2D eigenvalue weighted by molar-refractivity contribution is 0.186. The molecular formula is C25H24ClN3O4S. The topological polar surface area (TPSA) is 85.6 Å². The number of methoxy groups -OCH3 is 1. The minimum atomic E-state index is -0.338. The molecule has 34 heavy (non-hydrogen) atoms. The van der Waals surface area contributed by atoms with E-state index in [9.17, 15) is 9.90 Å². The summed E-state index contributed by atoms with van der Waals surface area (Å²) in [6.07, 6.45) is 10.3. The van der Waals surface area contributed by atoms with Crippen LogP contribution in [0.5, 0.6) is 11.5 Å². The van der Waals surface area contributed by atoms with Gasteiger partial charge >= 0.3 is 0 Å². The molecule has 0 spiro atoms. The second-order valence-electron chi connectivity index (χ2n) is 8.24. The number of fused-ring (bicyclic) bond motifs is 1. The van der Waals surface area contributed by atoms with Crippen LogP contribution >= 0.6 is 22.9 Å². The third-order valence-electron chi connectivity index (χ3n) is 5.88. The number of aromatic nitrogens is 2. The summed E-state index contributed by atoms with van der Waals surface area (Å²) in [4.78, 5) is 18.8. The number of allylic oxidation sites excluding steroid dienone is 6. The smallest absolute Gasteiger partial charge is 0.275 e. The highest BCUT2D eigenvalue weighted by molar-refractivity contribution is 7.19. The normalized spacial score (nSPS) is 20.2. The molecule has 3 heterocycles. The van der Waals surface area contributed by atoms with Crippen LogP contribution in [0.25, 0.3) is 21.5 Å². The van der Waals surface area contributed by atoms with Gasteiger partial charge in [-0.1, -0.05) is 23.8 Å². The minimum Gasteiger partial charge on any atom is -0.493 e. The second kappa shape index (κ2) is 9.76. The Balaban J connectivity index is 1.43.